The van der Waals surface area contributed by atoms with Crippen LogP contribution in [0.15, 0.2) is 24.5 Å². The number of aromatic nitrogens is 3. The first-order valence-corrected chi connectivity index (χ1v) is 8.71. The van der Waals surface area contributed by atoms with E-state index in [0.29, 0.717) is 5.13 Å². The molecule has 8 nitrogen and oxygen atoms in total. The predicted octanol–water partition coefficient (Wildman–Crippen LogP) is 4.56. The van der Waals surface area contributed by atoms with Crippen molar-refractivity contribution in [1.82, 2.24) is 15.0 Å². The molecule has 0 fully saturated rings. The summed E-state index contributed by atoms with van der Waals surface area (Å²) < 4.78 is 0. The second kappa shape index (κ2) is 7.04. The molecule has 3 rings (SSSR count). The van der Waals surface area contributed by atoms with Gasteiger partial charge in [-0.05, 0) is 51.0 Å². The largest absolute Gasteiger partial charge is 0.353 e. The van der Waals surface area contributed by atoms with Gasteiger partial charge in [-0.1, -0.05) is 6.07 Å². The Morgan fingerprint density at radius 1 is 1.04 bits per heavy atom. The standard InChI is InChI=1S/C17H18N6O2S/c1-9-5-6-13(7-10(9)2)21-15-14(23(24)25)16(19-8-18-15)22-17-20-11(3)12(4)26-17/h5-8H,1-4H3,(H2,18,19,20,21,22). The summed E-state index contributed by atoms with van der Waals surface area (Å²) in [6.07, 6.45) is 1.28. The molecule has 134 valence electrons. The van der Waals surface area contributed by atoms with Gasteiger partial charge < -0.3 is 10.6 Å². The maximum atomic E-state index is 11.6. The van der Waals surface area contributed by atoms with Crippen LogP contribution < -0.4 is 10.6 Å². The number of thiazole rings is 1. The summed E-state index contributed by atoms with van der Waals surface area (Å²) in [7, 11) is 0. The maximum absolute atomic E-state index is 11.6. The molecule has 26 heavy (non-hydrogen) atoms. The van der Waals surface area contributed by atoms with E-state index in [1.54, 1.807) is 0 Å². The Labute approximate surface area is 154 Å². The molecular formula is C17H18N6O2S. The highest BCUT2D eigenvalue weighted by molar-refractivity contribution is 7.15. The van der Waals surface area contributed by atoms with Crippen LogP contribution in [0.5, 0.6) is 0 Å². The molecule has 2 aromatic heterocycles. The molecule has 0 saturated heterocycles. The fraction of sp³-hybridized carbons (Fsp3) is 0.235. The molecule has 2 heterocycles. The van der Waals surface area contributed by atoms with Gasteiger partial charge in [-0.15, -0.1) is 11.3 Å². The molecule has 0 unspecified atom stereocenters. The van der Waals surface area contributed by atoms with Gasteiger partial charge in [0.2, 0.25) is 11.6 Å². The van der Waals surface area contributed by atoms with Crippen LogP contribution in [0.4, 0.5) is 28.1 Å². The molecule has 0 spiro atoms. The van der Waals surface area contributed by atoms with Crippen LogP contribution in [-0.4, -0.2) is 19.9 Å². The van der Waals surface area contributed by atoms with Gasteiger partial charge in [-0.2, -0.15) is 0 Å². The van der Waals surface area contributed by atoms with Crippen LogP contribution in [0.1, 0.15) is 21.7 Å². The van der Waals surface area contributed by atoms with E-state index in [-0.39, 0.29) is 17.3 Å². The van der Waals surface area contributed by atoms with Crippen molar-refractivity contribution in [3.63, 3.8) is 0 Å². The molecular weight excluding hydrogens is 352 g/mol. The van der Waals surface area contributed by atoms with Crippen LogP contribution in [0, 0.1) is 37.8 Å². The summed E-state index contributed by atoms with van der Waals surface area (Å²) in [5, 5.41) is 18.2. The highest BCUT2D eigenvalue weighted by Gasteiger charge is 2.24. The molecule has 0 saturated carbocycles. The van der Waals surface area contributed by atoms with E-state index in [0.717, 1.165) is 27.4 Å². The number of nitro groups is 1. The minimum atomic E-state index is -0.501. The fourth-order valence-corrected chi connectivity index (χ4v) is 3.13. The Morgan fingerprint density at radius 2 is 1.73 bits per heavy atom. The van der Waals surface area contributed by atoms with Crippen molar-refractivity contribution in [3.8, 4) is 0 Å². The van der Waals surface area contributed by atoms with Crippen molar-refractivity contribution in [2.45, 2.75) is 27.7 Å². The van der Waals surface area contributed by atoms with E-state index in [2.05, 4.69) is 25.6 Å². The summed E-state index contributed by atoms with van der Waals surface area (Å²) in [6.45, 7) is 7.82. The van der Waals surface area contributed by atoms with Crippen molar-refractivity contribution < 1.29 is 4.92 Å². The third kappa shape index (κ3) is 3.62. The Kier molecular flexibility index (Phi) is 4.81. The van der Waals surface area contributed by atoms with Gasteiger partial charge in [0.15, 0.2) is 5.13 Å². The zero-order valence-electron chi connectivity index (χ0n) is 14.8. The number of anilines is 4. The monoisotopic (exact) mass is 370 g/mol. The average Bonchev–Trinajstić information content (AvgIpc) is 2.88. The van der Waals surface area contributed by atoms with Gasteiger partial charge in [-0.25, -0.2) is 15.0 Å². The summed E-state index contributed by atoms with van der Waals surface area (Å²) >= 11 is 1.42. The van der Waals surface area contributed by atoms with Crippen molar-refractivity contribution in [1.29, 1.82) is 0 Å². The van der Waals surface area contributed by atoms with Crippen molar-refractivity contribution >= 4 is 39.5 Å². The second-order valence-electron chi connectivity index (χ2n) is 5.89. The number of rotatable bonds is 5. The number of nitrogens with one attached hydrogen (secondary N) is 2. The normalized spacial score (nSPS) is 10.6. The molecule has 0 radical (unpaired) electrons. The number of hydrogen-bond acceptors (Lipinski definition) is 8. The van der Waals surface area contributed by atoms with Crippen molar-refractivity contribution in [2.24, 2.45) is 0 Å². The lowest BCUT2D eigenvalue weighted by molar-refractivity contribution is -0.383. The van der Waals surface area contributed by atoms with Crippen LogP contribution >= 0.6 is 11.3 Å². The summed E-state index contributed by atoms with van der Waals surface area (Å²) in [4.78, 5) is 24.6. The predicted molar refractivity (Wildman–Crippen MR) is 103 cm³/mol. The first-order chi connectivity index (χ1) is 12.3. The van der Waals surface area contributed by atoms with E-state index < -0.39 is 4.92 Å². The molecule has 0 bridgehead atoms. The van der Waals surface area contributed by atoms with E-state index in [4.69, 9.17) is 0 Å². The van der Waals surface area contributed by atoms with Crippen LogP contribution in [0.25, 0.3) is 0 Å². The summed E-state index contributed by atoms with van der Waals surface area (Å²) in [5.41, 5.74) is 3.60. The Morgan fingerprint density at radius 3 is 2.31 bits per heavy atom. The minimum absolute atomic E-state index is 0.102. The van der Waals surface area contributed by atoms with Gasteiger partial charge >= 0.3 is 5.69 Å². The topological polar surface area (TPSA) is 106 Å². The number of hydrogen-bond donors (Lipinski definition) is 2. The van der Waals surface area contributed by atoms with Crippen LogP contribution in [0.3, 0.4) is 0 Å². The Balaban J connectivity index is 1.97. The van der Waals surface area contributed by atoms with Gasteiger partial charge in [0.25, 0.3) is 0 Å². The molecule has 0 atom stereocenters. The Hall–Kier alpha value is -3.07. The zero-order valence-corrected chi connectivity index (χ0v) is 15.6. The zero-order chi connectivity index (χ0) is 18.8. The summed E-state index contributed by atoms with van der Waals surface area (Å²) in [5.74, 6) is 0.228. The van der Waals surface area contributed by atoms with E-state index in [1.807, 2.05) is 45.9 Å². The first kappa shape index (κ1) is 17.7. The number of aryl methyl sites for hydroxylation is 4. The van der Waals surface area contributed by atoms with Gasteiger partial charge in [0.05, 0.1) is 10.6 Å². The van der Waals surface area contributed by atoms with Gasteiger partial charge in [-0.3, -0.25) is 10.1 Å². The van der Waals surface area contributed by atoms with Crippen molar-refractivity contribution in [3.05, 3.63) is 56.3 Å². The lowest BCUT2D eigenvalue weighted by Crippen LogP contribution is -2.05. The molecule has 0 aliphatic carbocycles. The molecule has 2 N–H and O–H groups in total. The lowest BCUT2D eigenvalue weighted by Gasteiger charge is -2.10. The van der Waals surface area contributed by atoms with E-state index >= 15 is 0 Å². The third-order valence-electron chi connectivity index (χ3n) is 4.03. The molecule has 1 aromatic carbocycles. The Bertz CT molecular complexity index is 966. The lowest BCUT2D eigenvalue weighted by atomic mass is 10.1. The van der Waals surface area contributed by atoms with Gasteiger partial charge in [0.1, 0.15) is 6.33 Å². The maximum Gasteiger partial charge on any atom is 0.353 e. The SMILES string of the molecule is Cc1ccc(Nc2ncnc(Nc3nc(C)c(C)s3)c2[N+](=O)[O-])cc1C. The molecule has 3 aromatic rings. The number of benzene rings is 1. The highest BCUT2D eigenvalue weighted by atomic mass is 32.1. The first-order valence-electron chi connectivity index (χ1n) is 7.90. The summed E-state index contributed by atoms with van der Waals surface area (Å²) in [6, 6.07) is 5.72. The van der Waals surface area contributed by atoms with Crippen LogP contribution in [0.2, 0.25) is 0 Å². The van der Waals surface area contributed by atoms with E-state index in [1.165, 1.54) is 17.7 Å². The third-order valence-corrected chi connectivity index (χ3v) is 5.02. The molecule has 0 aliphatic heterocycles. The second-order valence-corrected chi connectivity index (χ2v) is 7.09. The van der Waals surface area contributed by atoms with Crippen molar-refractivity contribution in [2.75, 3.05) is 10.6 Å². The molecule has 0 amide bonds. The van der Waals surface area contributed by atoms with Gasteiger partial charge in [0, 0.05) is 10.6 Å². The fourth-order valence-electron chi connectivity index (χ4n) is 2.32. The smallest absolute Gasteiger partial charge is 0.334 e. The molecule has 0 aliphatic rings. The minimum Gasteiger partial charge on any atom is -0.334 e. The quantitative estimate of drug-likeness (QED) is 0.501. The van der Waals surface area contributed by atoms with E-state index in [9.17, 15) is 10.1 Å². The van der Waals surface area contributed by atoms with Crippen LogP contribution in [-0.2, 0) is 0 Å². The molecule has 9 heteroatoms. The highest BCUT2D eigenvalue weighted by Crippen LogP contribution is 2.34. The number of nitrogens with zero attached hydrogens (tertiary/aromatic N) is 4. The average molecular weight is 370 g/mol.